The van der Waals surface area contributed by atoms with Gasteiger partial charge in [0.25, 0.3) is 10.0 Å². The molecule has 1 heterocycles. The second-order valence-electron chi connectivity index (χ2n) is 4.61. The van der Waals surface area contributed by atoms with Gasteiger partial charge in [0.05, 0.1) is 16.5 Å². The third kappa shape index (κ3) is 3.40. The number of carbonyl (C=O) groups is 1. The number of aliphatic carboxylic acids is 1. The highest BCUT2D eigenvalue weighted by Gasteiger charge is 2.22. The highest BCUT2D eigenvalue weighted by molar-refractivity contribution is 7.93. The molecule has 1 atom stereocenters. The molecule has 118 valence electrons. The summed E-state index contributed by atoms with van der Waals surface area (Å²) in [6.45, 7) is 3.09. The van der Waals surface area contributed by atoms with Gasteiger partial charge in [-0.1, -0.05) is 17.7 Å². The molecule has 1 aromatic carbocycles. The highest BCUT2D eigenvalue weighted by atomic mass is 35.5. The molecule has 0 bridgehead atoms. The van der Waals surface area contributed by atoms with Gasteiger partial charge in [-0.25, -0.2) is 13.4 Å². The first-order valence-corrected chi connectivity index (χ1v) is 8.92. The number of halogens is 1. The molecular weight excluding hydrogens is 348 g/mol. The first-order valence-electron chi connectivity index (χ1n) is 6.18. The van der Waals surface area contributed by atoms with E-state index < -0.39 is 21.9 Å². The fraction of sp³-hybridized carbons (Fsp3) is 0.231. The zero-order valence-electron chi connectivity index (χ0n) is 11.7. The van der Waals surface area contributed by atoms with Gasteiger partial charge in [0.2, 0.25) is 0 Å². The molecule has 0 saturated heterocycles. The fourth-order valence-electron chi connectivity index (χ4n) is 1.71. The summed E-state index contributed by atoms with van der Waals surface area (Å²) in [5, 5.41) is 10.9. The van der Waals surface area contributed by atoms with E-state index in [1.54, 1.807) is 19.1 Å². The van der Waals surface area contributed by atoms with Crippen molar-refractivity contribution in [3.8, 4) is 0 Å². The van der Waals surface area contributed by atoms with Crippen molar-refractivity contribution in [1.82, 2.24) is 4.98 Å². The van der Waals surface area contributed by atoms with Crippen molar-refractivity contribution >= 4 is 44.1 Å². The average Bonchev–Trinajstić information content (AvgIpc) is 2.88. The van der Waals surface area contributed by atoms with Gasteiger partial charge in [0.15, 0.2) is 5.13 Å². The number of thiazole rings is 1. The van der Waals surface area contributed by atoms with Gasteiger partial charge in [-0.15, -0.1) is 11.3 Å². The molecule has 2 aromatic rings. The molecule has 0 fully saturated rings. The molecular formula is C13H13ClN2O4S2. The largest absolute Gasteiger partial charge is 0.481 e. The van der Waals surface area contributed by atoms with E-state index >= 15 is 0 Å². The van der Waals surface area contributed by atoms with Crippen molar-refractivity contribution in [3.05, 3.63) is 39.9 Å². The van der Waals surface area contributed by atoms with Crippen LogP contribution in [0.3, 0.4) is 0 Å². The number of benzene rings is 1. The maximum atomic E-state index is 12.4. The number of carboxylic acid groups (broad SMARTS) is 1. The summed E-state index contributed by atoms with van der Waals surface area (Å²) in [5.74, 6) is -1.83. The predicted molar refractivity (Wildman–Crippen MR) is 85.2 cm³/mol. The summed E-state index contributed by atoms with van der Waals surface area (Å²) in [6, 6.07) is 4.59. The first kappa shape index (κ1) is 16.7. The van der Waals surface area contributed by atoms with Gasteiger partial charge < -0.3 is 5.11 Å². The molecule has 9 heteroatoms. The van der Waals surface area contributed by atoms with E-state index in [0.29, 0.717) is 16.3 Å². The summed E-state index contributed by atoms with van der Waals surface area (Å²) in [6.07, 6.45) is 0. The topological polar surface area (TPSA) is 96.4 Å². The van der Waals surface area contributed by atoms with Gasteiger partial charge in [-0.2, -0.15) is 0 Å². The lowest BCUT2D eigenvalue weighted by Crippen LogP contribution is -2.14. The lowest BCUT2D eigenvalue weighted by Gasteiger charge is -2.09. The Labute approximate surface area is 136 Å². The Morgan fingerprint density at radius 1 is 1.45 bits per heavy atom. The van der Waals surface area contributed by atoms with Crippen LogP contribution in [0.2, 0.25) is 5.02 Å². The number of rotatable bonds is 5. The summed E-state index contributed by atoms with van der Waals surface area (Å²) in [5.41, 5.74) is 0.741. The summed E-state index contributed by atoms with van der Waals surface area (Å²) in [7, 11) is -3.83. The number of aromatic nitrogens is 1. The fourth-order valence-corrected chi connectivity index (χ4v) is 4.26. The quantitative estimate of drug-likeness (QED) is 0.854. The number of hydrogen-bond donors (Lipinski definition) is 2. The zero-order valence-corrected chi connectivity index (χ0v) is 14.1. The van der Waals surface area contributed by atoms with Crippen LogP contribution in [-0.2, 0) is 14.8 Å². The summed E-state index contributed by atoms with van der Waals surface area (Å²) < 4.78 is 27.1. The Morgan fingerprint density at radius 3 is 2.77 bits per heavy atom. The SMILES string of the molecule is Cc1c(Cl)cccc1S(=O)(=O)Nc1nc(C(C)C(=O)O)cs1. The van der Waals surface area contributed by atoms with Crippen LogP contribution in [-0.4, -0.2) is 24.5 Å². The standard InChI is InChI=1S/C13H13ClN2O4S2/c1-7-9(14)4-3-5-11(7)22(19,20)16-13-15-10(6-21-13)8(2)12(17)18/h3-6,8H,1-2H3,(H,15,16)(H,17,18). The molecule has 0 aliphatic rings. The third-order valence-electron chi connectivity index (χ3n) is 3.07. The van der Waals surface area contributed by atoms with E-state index in [2.05, 4.69) is 9.71 Å². The molecule has 0 radical (unpaired) electrons. The van der Waals surface area contributed by atoms with E-state index in [1.165, 1.54) is 18.4 Å². The Hall–Kier alpha value is -1.64. The first-order chi connectivity index (χ1) is 10.2. The number of sulfonamides is 1. The third-order valence-corrected chi connectivity index (χ3v) is 5.86. The molecule has 0 aliphatic heterocycles. The van der Waals surface area contributed by atoms with Gasteiger partial charge in [0.1, 0.15) is 0 Å². The minimum Gasteiger partial charge on any atom is -0.481 e. The van der Waals surface area contributed by atoms with Crippen LogP contribution in [0.4, 0.5) is 5.13 Å². The molecule has 0 saturated carbocycles. The predicted octanol–water partition coefficient (Wildman–Crippen LogP) is 3.09. The van der Waals surface area contributed by atoms with Crippen LogP contribution in [0.25, 0.3) is 0 Å². The monoisotopic (exact) mass is 360 g/mol. The normalized spacial score (nSPS) is 12.9. The lowest BCUT2D eigenvalue weighted by atomic mass is 10.1. The molecule has 0 aliphatic carbocycles. The van der Waals surface area contributed by atoms with Crippen molar-refractivity contribution in [2.24, 2.45) is 0 Å². The maximum Gasteiger partial charge on any atom is 0.312 e. The smallest absolute Gasteiger partial charge is 0.312 e. The Bertz CT molecular complexity index is 817. The van der Waals surface area contributed by atoms with Crippen molar-refractivity contribution in [2.75, 3.05) is 4.72 Å². The van der Waals surface area contributed by atoms with Crippen molar-refractivity contribution in [1.29, 1.82) is 0 Å². The minimum absolute atomic E-state index is 0.0584. The minimum atomic E-state index is -3.83. The summed E-state index contributed by atoms with van der Waals surface area (Å²) >= 11 is 6.96. The van der Waals surface area contributed by atoms with E-state index in [4.69, 9.17) is 16.7 Å². The van der Waals surface area contributed by atoms with Gasteiger partial charge in [-0.3, -0.25) is 9.52 Å². The number of carboxylic acids is 1. The van der Waals surface area contributed by atoms with E-state index in [1.807, 2.05) is 0 Å². The van der Waals surface area contributed by atoms with Crippen LogP contribution < -0.4 is 4.72 Å². The number of nitrogens with zero attached hydrogens (tertiary/aromatic N) is 1. The van der Waals surface area contributed by atoms with Crippen LogP contribution >= 0.6 is 22.9 Å². The van der Waals surface area contributed by atoms with Crippen molar-refractivity contribution < 1.29 is 18.3 Å². The van der Waals surface area contributed by atoms with Gasteiger partial charge >= 0.3 is 5.97 Å². The number of anilines is 1. The van der Waals surface area contributed by atoms with Crippen LogP contribution in [0.1, 0.15) is 24.1 Å². The molecule has 0 amide bonds. The molecule has 22 heavy (non-hydrogen) atoms. The number of hydrogen-bond acceptors (Lipinski definition) is 5. The molecule has 1 unspecified atom stereocenters. The highest BCUT2D eigenvalue weighted by Crippen LogP contribution is 2.27. The van der Waals surface area contributed by atoms with Gasteiger partial charge in [0, 0.05) is 10.4 Å². The molecule has 2 rings (SSSR count). The van der Waals surface area contributed by atoms with Crippen molar-refractivity contribution in [3.63, 3.8) is 0 Å². The van der Waals surface area contributed by atoms with Crippen LogP contribution in [0.15, 0.2) is 28.5 Å². The Morgan fingerprint density at radius 2 is 2.14 bits per heavy atom. The molecule has 1 aromatic heterocycles. The number of nitrogens with one attached hydrogen (secondary N) is 1. The maximum absolute atomic E-state index is 12.4. The van der Waals surface area contributed by atoms with Crippen LogP contribution in [0, 0.1) is 6.92 Å². The Kier molecular flexibility index (Phi) is 4.74. The second-order valence-corrected chi connectivity index (χ2v) is 7.52. The zero-order chi connectivity index (χ0) is 16.5. The molecule has 2 N–H and O–H groups in total. The summed E-state index contributed by atoms with van der Waals surface area (Å²) in [4.78, 5) is 15.0. The average molecular weight is 361 g/mol. The second kappa shape index (κ2) is 6.23. The van der Waals surface area contributed by atoms with E-state index in [-0.39, 0.29) is 10.0 Å². The lowest BCUT2D eigenvalue weighted by molar-refractivity contribution is -0.138. The van der Waals surface area contributed by atoms with Crippen molar-refractivity contribution in [2.45, 2.75) is 24.7 Å². The van der Waals surface area contributed by atoms with Gasteiger partial charge in [-0.05, 0) is 31.5 Å². The molecule has 6 nitrogen and oxygen atoms in total. The Balaban J connectivity index is 2.30. The van der Waals surface area contributed by atoms with E-state index in [9.17, 15) is 13.2 Å². The molecule has 0 spiro atoms. The van der Waals surface area contributed by atoms with Crippen LogP contribution in [0.5, 0.6) is 0 Å². The van der Waals surface area contributed by atoms with E-state index in [0.717, 1.165) is 11.3 Å².